The van der Waals surface area contributed by atoms with Crippen molar-refractivity contribution >= 4 is 59.2 Å². The van der Waals surface area contributed by atoms with Crippen molar-refractivity contribution in [3.63, 3.8) is 0 Å². The van der Waals surface area contributed by atoms with Crippen molar-refractivity contribution < 1.29 is 0 Å². The molecule has 0 atom stereocenters. The number of hydrogen-bond donors (Lipinski definition) is 0. The molecular formula is C18H14Br3N. The Morgan fingerprint density at radius 1 is 0.636 bits per heavy atom. The summed E-state index contributed by atoms with van der Waals surface area (Å²) in [5.74, 6) is 0. The lowest BCUT2D eigenvalue weighted by molar-refractivity contribution is 0.911. The van der Waals surface area contributed by atoms with Crippen LogP contribution in [0.3, 0.4) is 0 Å². The van der Waals surface area contributed by atoms with Crippen molar-refractivity contribution in [2.75, 3.05) is 4.90 Å². The average molecular weight is 484 g/mol. The number of nitrogens with zero attached hydrogens (tertiary/aromatic N) is 1. The van der Waals surface area contributed by atoms with Crippen LogP contribution in [0.15, 0.2) is 79.8 Å². The maximum absolute atomic E-state index is 3.58. The van der Waals surface area contributed by atoms with Crippen LogP contribution in [-0.2, 0) is 0 Å². The first kappa shape index (κ1) is 16.0. The van der Waals surface area contributed by atoms with E-state index in [2.05, 4.69) is 113 Å². The molecule has 3 rings (SSSR count). The van der Waals surface area contributed by atoms with E-state index in [9.17, 15) is 0 Å². The van der Waals surface area contributed by atoms with E-state index in [0.717, 1.165) is 21.8 Å². The highest BCUT2D eigenvalue weighted by atomic mass is 79.9. The van der Waals surface area contributed by atoms with Gasteiger partial charge in [0.15, 0.2) is 0 Å². The van der Waals surface area contributed by atoms with E-state index in [1.54, 1.807) is 0 Å². The highest BCUT2D eigenvalue weighted by molar-refractivity contribution is 9.11. The van der Waals surface area contributed by atoms with Gasteiger partial charge in [0, 0.05) is 26.0 Å². The van der Waals surface area contributed by atoms with Crippen molar-refractivity contribution in [2.24, 2.45) is 0 Å². The Hall–Kier alpha value is -0.840. The predicted molar refractivity (Wildman–Crippen MR) is 105 cm³/mol. The van der Waals surface area contributed by atoms with Gasteiger partial charge in [-0.25, -0.2) is 0 Å². The lowest BCUT2D eigenvalue weighted by Crippen LogP contribution is -2.17. The van der Waals surface area contributed by atoms with Gasteiger partial charge in [-0.2, -0.15) is 0 Å². The fourth-order valence-corrected chi connectivity index (χ4v) is 3.31. The normalized spacial score (nSPS) is 14.3. The summed E-state index contributed by atoms with van der Waals surface area (Å²) in [5, 5.41) is 0. The van der Waals surface area contributed by atoms with Crippen molar-refractivity contribution in [2.45, 2.75) is 12.8 Å². The van der Waals surface area contributed by atoms with Gasteiger partial charge in [-0.3, -0.25) is 0 Å². The SMILES string of the molecule is BrC1=CC=C(N(c2ccc(Br)cc2)c2ccc(Br)cc2)CC1. The monoisotopic (exact) mass is 481 g/mol. The molecule has 0 heterocycles. The molecule has 4 heteroatoms. The van der Waals surface area contributed by atoms with E-state index in [0.29, 0.717) is 0 Å². The van der Waals surface area contributed by atoms with E-state index in [1.165, 1.54) is 21.6 Å². The Morgan fingerprint density at radius 2 is 1.14 bits per heavy atom. The molecule has 0 saturated carbocycles. The molecule has 0 N–H and O–H groups in total. The topological polar surface area (TPSA) is 3.24 Å². The maximum atomic E-state index is 3.58. The minimum absolute atomic E-state index is 1.02. The molecule has 1 nitrogen and oxygen atoms in total. The maximum Gasteiger partial charge on any atom is 0.0459 e. The molecule has 112 valence electrons. The van der Waals surface area contributed by atoms with E-state index < -0.39 is 0 Å². The lowest BCUT2D eigenvalue weighted by Gasteiger charge is -2.29. The fraction of sp³-hybridized carbons (Fsp3) is 0.111. The van der Waals surface area contributed by atoms with Crippen LogP contribution in [0.5, 0.6) is 0 Å². The second kappa shape index (κ2) is 7.16. The molecule has 0 bridgehead atoms. The van der Waals surface area contributed by atoms with Gasteiger partial charge in [0.25, 0.3) is 0 Å². The molecule has 22 heavy (non-hydrogen) atoms. The molecule has 0 radical (unpaired) electrons. The van der Waals surface area contributed by atoms with Crippen molar-refractivity contribution in [1.29, 1.82) is 0 Å². The van der Waals surface area contributed by atoms with Crippen LogP contribution in [0, 0.1) is 0 Å². The van der Waals surface area contributed by atoms with Crippen LogP contribution in [0.25, 0.3) is 0 Å². The number of halogens is 3. The van der Waals surface area contributed by atoms with Gasteiger partial charge in [0.1, 0.15) is 0 Å². The Balaban J connectivity index is 2.06. The van der Waals surface area contributed by atoms with E-state index in [1.807, 2.05) is 0 Å². The quantitative estimate of drug-likeness (QED) is 0.442. The third kappa shape index (κ3) is 3.73. The van der Waals surface area contributed by atoms with E-state index in [-0.39, 0.29) is 0 Å². The summed E-state index contributed by atoms with van der Waals surface area (Å²) >= 11 is 10.6. The van der Waals surface area contributed by atoms with E-state index in [4.69, 9.17) is 0 Å². The average Bonchev–Trinajstić information content (AvgIpc) is 2.53. The molecule has 2 aromatic rings. The van der Waals surface area contributed by atoms with Crippen LogP contribution in [0.4, 0.5) is 11.4 Å². The first-order valence-electron chi connectivity index (χ1n) is 7.00. The highest BCUT2D eigenvalue weighted by Gasteiger charge is 2.16. The van der Waals surface area contributed by atoms with Crippen molar-refractivity contribution in [1.82, 2.24) is 0 Å². The van der Waals surface area contributed by atoms with Crippen LogP contribution >= 0.6 is 47.8 Å². The zero-order valence-electron chi connectivity index (χ0n) is 11.8. The standard InChI is InChI=1S/C18H14Br3N/c19-13-1-7-16(8-2-13)22(17-9-3-14(20)4-10-17)18-11-5-15(21)6-12-18/h1-5,7-11H,6,12H2. The van der Waals surface area contributed by atoms with Gasteiger partial charge in [0.05, 0.1) is 0 Å². The summed E-state index contributed by atoms with van der Waals surface area (Å²) in [6.07, 6.45) is 6.39. The largest absolute Gasteiger partial charge is 0.314 e. The van der Waals surface area contributed by atoms with Gasteiger partial charge < -0.3 is 4.90 Å². The van der Waals surface area contributed by atoms with Crippen LogP contribution in [0.2, 0.25) is 0 Å². The summed E-state index contributed by atoms with van der Waals surface area (Å²) in [6, 6.07) is 16.9. The second-order valence-electron chi connectivity index (χ2n) is 5.06. The third-order valence-corrected chi connectivity index (χ3v) is 5.25. The van der Waals surface area contributed by atoms with Gasteiger partial charge in [-0.05, 0) is 71.9 Å². The predicted octanol–water partition coefficient (Wildman–Crippen LogP) is 7.31. The van der Waals surface area contributed by atoms with Crippen LogP contribution in [0.1, 0.15) is 12.8 Å². The molecule has 0 aromatic heterocycles. The minimum atomic E-state index is 1.02. The summed E-state index contributed by atoms with van der Waals surface area (Å²) in [4.78, 5) is 2.31. The van der Waals surface area contributed by atoms with Crippen molar-refractivity contribution in [3.8, 4) is 0 Å². The Morgan fingerprint density at radius 3 is 1.55 bits per heavy atom. The molecule has 0 saturated heterocycles. The molecule has 0 spiro atoms. The zero-order valence-corrected chi connectivity index (χ0v) is 16.5. The molecule has 0 amide bonds. The van der Waals surface area contributed by atoms with Crippen LogP contribution in [-0.4, -0.2) is 0 Å². The Labute approximate surface area is 156 Å². The third-order valence-electron chi connectivity index (χ3n) is 3.53. The van der Waals surface area contributed by atoms with Crippen molar-refractivity contribution in [3.05, 3.63) is 79.8 Å². The summed E-state index contributed by atoms with van der Waals surface area (Å²) in [5.41, 5.74) is 3.64. The minimum Gasteiger partial charge on any atom is -0.314 e. The number of benzene rings is 2. The number of hydrogen-bond acceptors (Lipinski definition) is 1. The molecule has 0 fully saturated rings. The van der Waals surface area contributed by atoms with Gasteiger partial charge in [0.2, 0.25) is 0 Å². The Bertz CT molecular complexity index is 670. The molecule has 1 aliphatic rings. The van der Waals surface area contributed by atoms with Gasteiger partial charge in [-0.15, -0.1) is 0 Å². The molecule has 0 aliphatic heterocycles. The second-order valence-corrected chi connectivity index (χ2v) is 7.91. The van der Waals surface area contributed by atoms with Gasteiger partial charge in [-0.1, -0.05) is 53.9 Å². The summed E-state index contributed by atoms with van der Waals surface area (Å²) in [6.45, 7) is 0. The number of allylic oxidation sites excluding steroid dienone is 4. The molecule has 0 unspecified atom stereocenters. The fourth-order valence-electron chi connectivity index (χ4n) is 2.45. The Kier molecular flexibility index (Phi) is 5.21. The van der Waals surface area contributed by atoms with Crippen LogP contribution < -0.4 is 4.90 Å². The number of rotatable bonds is 3. The smallest absolute Gasteiger partial charge is 0.0459 e. The van der Waals surface area contributed by atoms with Gasteiger partial charge >= 0.3 is 0 Å². The zero-order chi connectivity index (χ0) is 15.5. The van der Waals surface area contributed by atoms with E-state index >= 15 is 0 Å². The number of anilines is 2. The lowest BCUT2D eigenvalue weighted by atomic mass is 10.1. The summed E-state index contributed by atoms with van der Waals surface area (Å²) < 4.78 is 3.43. The molecular weight excluding hydrogens is 470 g/mol. The highest BCUT2D eigenvalue weighted by Crippen LogP contribution is 2.35. The molecule has 1 aliphatic carbocycles. The first-order chi connectivity index (χ1) is 10.6. The molecule has 2 aromatic carbocycles. The summed E-state index contributed by atoms with van der Waals surface area (Å²) in [7, 11) is 0. The first-order valence-corrected chi connectivity index (χ1v) is 9.38.